The first kappa shape index (κ1) is 16.1. The third kappa shape index (κ3) is 3.93. The van der Waals surface area contributed by atoms with Gasteiger partial charge >= 0.3 is 0 Å². The highest BCUT2D eigenvalue weighted by Gasteiger charge is 2.02. The van der Waals surface area contributed by atoms with Crippen molar-refractivity contribution >= 4 is 17.0 Å². The summed E-state index contributed by atoms with van der Waals surface area (Å²) in [6.07, 6.45) is 2.93. The van der Waals surface area contributed by atoms with Crippen LogP contribution in [0.3, 0.4) is 0 Å². The van der Waals surface area contributed by atoms with Gasteiger partial charge in [-0.1, -0.05) is 43.3 Å². The van der Waals surface area contributed by atoms with E-state index < -0.39 is 0 Å². The van der Waals surface area contributed by atoms with Crippen LogP contribution < -0.4 is 11.1 Å². The number of imidazole rings is 1. The van der Waals surface area contributed by atoms with E-state index in [1.165, 1.54) is 5.56 Å². The quantitative estimate of drug-likeness (QED) is 0.542. The molecule has 0 aliphatic carbocycles. The number of nitrogens with one attached hydrogen (secondary N) is 1. The predicted molar refractivity (Wildman–Crippen MR) is 98.9 cm³/mol. The highest BCUT2D eigenvalue weighted by atomic mass is 15.1. The van der Waals surface area contributed by atoms with Crippen molar-refractivity contribution in [1.82, 2.24) is 14.9 Å². The third-order valence-corrected chi connectivity index (χ3v) is 3.89. The van der Waals surface area contributed by atoms with Crippen molar-refractivity contribution in [1.29, 1.82) is 0 Å². The van der Waals surface area contributed by atoms with Crippen LogP contribution in [0.1, 0.15) is 24.5 Å². The number of aromatic nitrogens is 2. The molecule has 0 saturated carbocycles. The first-order chi connectivity index (χ1) is 11.8. The smallest absolute Gasteiger partial charge is 0.188 e. The normalized spacial score (nSPS) is 11.8. The Morgan fingerprint density at radius 3 is 2.67 bits per heavy atom. The highest BCUT2D eigenvalue weighted by Crippen LogP contribution is 2.14. The zero-order chi connectivity index (χ0) is 16.8. The van der Waals surface area contributed by atoms with Crippen LogP contribution in [0.2, 0.25) is 0 Å². The summed E-state index contributed by atoms with van der Waals surface area (Å²) in [5.41, 5.74) is 10.4. The molecule has 0 fully saturated rings. The van der Waals surface area contributed by atoms with Crippen LogP contribution in [0.15, 0.2) is 59.9 Å². The number of guanidine groups is 1. The molecule has 0 aliphatic heterocycles. The van der Waals surface area contributed by atoms with E-state index in [0.717, 1.165) is 36.1 Å². The van der Waals surface area contributed by atoms with Crippen molar-refractivity contribution in [2.75, 3.05) is 6.54 Å². The van der Waals surface area contributed by atoms with Crippen LogP contribution in [0.5, 0.6) is 0 Å². The second kappa shape index (κ2) is 7.64. The van der Waals surface area contributed by atoms with E-state index in [4.69, 9.17) is 5.73 Å². The van der Waals surface area contributed by atoms with Crippen molar-refractivity contribution in [3.8, 4) is 0 Å². The van der Waals surface area contributed by atoms with Crippen LogP contribution >= 0.6 is 0 Å². The molecule has 3 rings (SSSR count). The van der Waals surface area contributed by atoms with Crippen molar-refractivity contribution in [3.05, 3.63) is 66.0 Å². The van der Waals surface area contributed by atoms with Gasteiger partial charge in [-0.25, -0.2) is 9.98 Å². The minimum atomic E-state index is 0.505. The van der Waals surface area contributed by atoms with Gasteiger partial charge in [-0.05, 0) is 29.7 Å². The zero-order valence-electron chi connectivity index (χ0n) is 13.9. The number of hydrogen-bond acceptors (Lipinski definition) is 2. The second-order valence-electron chi connectivity index (χ2n) is 5.81. The average Bonchev–Trinajstić information content (AvgIpc) is 3.02. The lowest BCUT2D eigenvalue weighted by atomic mass is 10.1. The monoisotopic (exact) mass is 321 g/mol. The molecule has 124 valence electrons. The number of benzene rings is 2. The standard InChI is InChI=1S/C19H23N5/c1-2-11-21-19(20)22-12-15-7-9-16(10-8-15)13-24-14-23-17-5-3-4-6-18(17)24/h3-10,14H,2,11-13H2,1H3,(H3,20,21,22). The van der Waals surface area contributed by atoms with Crippen LogP contribution in [-0.2, 0) is 13.1 Å². The molecule has 24 heavy (non-hydrogen) atoms. The lowest BCUT2D eigenvalue weighted by Crippen LogP contribution is -2.32. The number of aliphatic imine (C=N–C) groups is 1. The number of rotatable bonds is 6. The fourth-order valence-electron chi connectivity index (χ4n) is 2.57. The third-order valence-electron chi connectivity index (χ3n) is 3.89. The van der Waals surface area contributed by atoms with Gasteiger partial charge in [0.05, 0.1) is 23.9 Å². The second-order valence-corrected chi connectivity index (χ2v) is 5.81. The van der Waals surface area contributed by atoms with E-state index >= 15 is 0 Å². The first-order valence-electron chi connectivity index (χ1n) is 8.27. The van der Waals surface area contributed by atoms with Crippen molar-refractivity contribution < 1.29 is 0 Å². The zero-order valence-corrected chi connectivity index (χ0v) is 13.9. The number of nitrogens with two attached hydrogens (primary N) is 1. The van der Waals surface area contributed by atoms with E-state index in [1.54, 1.807) is 0 Å². The van der Waals surface area contributed by atoms with E-state index in [9.17, 15) is 0 Å². The molecule has 0 spiro atoms. The van der Waals surface area contributed by atoms with Gasteiger partial charge in [0.15, 0.2) is 5.96 Å². The summed E-state index contributed by atoms with van der Waals surface area (Å²) in [7, 11) is 0. The SMILES string of the molecule is CCCNC(N)=NCc1ccc(Cn2cnc3ccccc32)cc1. The van der Waals surface area contributed by atoms with E-state index in [2.05, 4.69) is 57.1 Å². The highest BCUT2D eigenvalue weighted by molar-refractivity contribution is 5.77. The summed E-state index contributed by atoms with van der Waals surface area (Å²) in [4.78, 5) is 8.78. The van der Waals surface area contributed by atoms with E-state index in [0.29, 0.717) is 12.5 Å². The first-order valence-corrected chi connectivity index (χ1v) is 8.27. The summed E-state index contributed by atoms with van der Waals surface area (Å²) in [6.45, 7) is 4.36. The maximum absolute atomic E-state index is 5.81. The van der Waals surface area contributed by atoms with Crippen LogP contribution in [0.4, 0.5) is 0 Å². The van der Waals surface area contributed by atoms with Crippen LogP contribution in [0.25, 0.3) is 11.0 Å². The molecule has 5 heteroatoms. The Hall–Kier alpha value is -2.82. The van der Waals surface area contributed by atoms with Crippen LogP contribution in [0, 0.1) is 0 Å². The number of nitrogens with zero attached hydrogens (tertiary/aromatic N) is 3. The van der Waals surface area contributed by atoms with Crippen molar-refractivity contribution in [2.24, 2.45) is 10.7 Å². The van der Waals surface area contributed by atoms with Gasteiger partial charge in [0, 0.05) is 13.1 Å². The van der Waals surface area contributed by atoms with Gasteiger partial charge in [-0.15, -0.1) is 0 Å². The Morgan fingerprint density at radius 1 is 1.12 bits per heavy atom. The van der Waals surface area contributed by atoms with E-state index in [1.807, 2.05) is 24.5 Å². The summed E-state index contributed by atoms with van der Waals surface area (Å²) in [6, 6.07) is 16.6. The molecule has 0 unspecified atom stereocenters. The molecule has 0 amide bonds. The lowest BCUT2D eigenvalue weighted by Gasteiger charge is -2.06. The maximum atomic E-state index is 5.81. The number of fused-ring (bicyclic) bond motifs is 1. The number of hydrogen-bond donors (Lipinski definition) is 2. The summed E-state index contributed by atoms with van der Waals surface area (Å²) in [5, 5.41) is 3.08. The largest absolute Gasteiger partial charge is 0.370 e. The van der Waals surface area contributed by atoms with Gasteiger partial charge in [0.1, 0.15) is 0 Å². The molecule has 1 aromatic heterocycles. The topological polar surface area (TPSA) is 68.2 Å². The molecular weight excluding hydrogens is 298 g/mol. The molecular formula is C19H23N5. The average molecular weight is 321 g/mol. The maximum Gasteiger partial charge on any atom is 0.188 e. The molecule has 0 atom stereocenters. The Labute approximate surface area is 142 Å². The Balaban J connectivity index is 1.64. The Bertz CT molecular complexity index is 817. The molecule has 0 radical (unpaired) electrons. The molecule has 0 bridgehead atoms. The van der Waals surface area contributed by atoms with Gasteiger partial charge in [0.25, 0.3) is 0 Å². The molecule has 3 N–H and O–H groups in total. The van der Waals surface area contributed by atoms with Crippen molar-refractivity contribution in [2.45, 2.75) is 26.4 Å². The van der Waals surface area contributed by atoms with Gasteiger partial charge in [0.2, 0.25) is 0 Å². The minimum Gasteiger partial charge on any atom is -0.370 e. The molecule has 0 saturated heterocycles. The fraction of sp³-hybridized carbons (Fsp3) is 0.263. The summed E-state index contributed by atoms with van der Waals surface area (Å²) >= 11 is 0. The fourth-order valence-corrected chi connectivity index (χ4v) is 2.57. The summed E-state index contributed by atoms with van der Waals surface area (Å²) < 4.78 is 2.16. The Morgan fingerprint density at radius 2 is 1.88 bits per heavy atom. The molecule has 3 aromatic rings. The van der Waals surface area contributed by atoms with E-state index in [-0.39, 0.29) is 0 Å². The minimum absolute atomic E-state index is 0.505. The Kier molecular flexibility index (Phi) is 5.11. The lowest BCUT2D eigenvalue weighted by molar-refractivity contribution is 0.821. The van der Waals surface area contributed by atoms with Gasteiger partial charge < -0.3 is 15.6 Å². The molecule has 2 aromatic carbocycles. The predicted octanol–water partition coefficient (Wildman–Crippen LogP) is 2.90. The molecule has 1 heterocycles. The number of para-hydroxylation sites is 2. The summed E-state index contributed by atoms with van der Waals surface area (Å²) in [5.74, 6) is 0.505. The van der Waals surface area contributed by atoms with Crippen LogP contribution in [-0.4, -0.2) is 22.1 Å². The molecule has 5 nitrogen and oxygen atoms in total. The van der Waals surface area contributed by atoms with Gasteiger partial charge in [-0.3, -0.25) is 0 Å². The van der Waals surface area contributed by atoms with Crippen molar-refractivity contribution in [3.63, 3.8) is 0 Å². The van der Waals surface area contributed by atoms with Gasteiger partial charge in [-0.2, -0.15) is 0 Å². The molecule has 0 aliphatic rings.